The molecular formula is C31H29F3N4O. The van der Waals surface area contributed by atoms with Crippen molar-refractivity contribution in [1.82, 2.24) is 15.1 Å². The van der Waals surface area contributed by atoms with Gasteiger partial charge in [0.2, 0.25) is 0 Å². The number of halogens is 3. The van der Waals surface area contributed by atoms with Crippen LogP contribution in [0, 0.1) is 19.3 Å². The van der Waals surface area contributed by atoms with Gasteiger partial charge in [-0.15, -0.1) is 0 Å². The molecule has 0 bridgehead atoms. The van der Waals surface area contributed by atoms with Crippen LogP contribution < -0.4 is 4.90 Å². The topological polar surface area (TPSA) is 55.1 Å². The maximum Gasteiger partial charge on any atom is 0.417 e. The molecule has 3 aliphatic rings. The number of nitrogens with zero attached hydrogens (tertiary/aromatic N) is 4. The van der Waals surface area contributed by atoms with Crippen LogP contribution in [0.1, 0.15) is 66.2 Å². The van der Waals surface area contributed by atoms with E-state index < -0.39 is 11.7 Å². The van der Waals surface area contributed by atoms with Gasteiger partial charge in [0.05, 0.1) is 22.3 Å². The monoisotopic (exact) mass is 530 g/mol. The molecule has 7 rings (SSSR count). The Kier molecular flexibility index (Phi) is 5.41. The van der Waals surface area contributed by atoms with Gasteiger partial charge in [-0.2, -0.15) is 13.2 Å². The molecule has 0 N–H and O–H groups in total. The summed E-state index contributed by atoms with van der Waals surface area (Å²) in [4.78, 5) is 11.1. The third-order valence-electron chi connectivity index (χ3n) is 8.59. The normalized spacial score (nSPS) is 18.9. The van der Waals surface area contributed by atoms with Crippen molar-refractivity contribution >= 4 is 22.2 Å². The minimum Gasteiger partial charge on any atom is -0.371 e. The van der Waals surface area contributed by atoms with Crippen LogP contribution in [0.2, 0.25) is 0 Å². The summed E-state index contributed by atoms with van der Waals surface area (Å²) in [6.45, 7) is 5.23. The highest BCUT2D eigenvalue weighted by molar-refractivity contribution is 5.87. The molecule has 3 aromatic heterocycles. The zero-order chi connectivity index (χ0) is 26.9. The summed E-state index contributed by atoms with van der Waals surface area (Å²) in [6, 6.07) is 10.4. The quantitative estimate of drug-likeness (QED) is 0.269. The van der Waals surface area contributed by atoms with E-state index in [2.05, 4.69) is 26.1 Å². The van der Waals surface area contributed by atoms with Crippen LogP contribution in [0.5, 0.6) is 0 Å². The van der Waals surface area contributed by atoms with Gasteiger partial charge in [-0.3, -0.25) is 9.97 Å². The van der Waals surface area contributed by atoms with E-state index in [1.165, 1.54) is 5.57 Å². The Morgan fingerprint density at radius 2 is 1.79 bits per heavy atom. The van der Waals surface area contributed by atoms with Gasteiger partial charge in [0.1, 0.15) is 11.5 Å². The highest BCUT2D eigenvalue weighted by atomic mass is 19.4. The fourth-order valence-corrected chi connectivity index (χ4v) is 6.32. The Morgan fingerprint density at radius 1 is 1.03 bits per heavy atom. The third-order valence-corrected chi connectivity index (χ3v) is 8.59. The molecule has 0 unspecified atom stereocenters. The van der Waals surface area contributed by atoms with Crippen molar-refractivity contribution in [2.45, 2.75) is 58.0 Å². The van der Waals surface area contributed by atoms with Gasteiger partial charge in [-0.1, -0.05) is 17.3 Å². The summed E-state index contributed by atoms with van der Waals surface area (Å²) in [5, 5.41) is 4.64. The smallest absolute Gasteiger partial charge is 0.371 e. The van der Waals surface area contributed by atoms with Crippen molar-refractivity contribution in [3.05, 3.63) is 76.8 Å². The second-order valence-electron chi connectivity index (χ2n) is 11.4. The summed E-state index contributed by atoms with van der Waals surface area (Å²) in [6.07, 6.45) is 4.91. The number of benzene rings is 1. The first kappa shape index (κ1) is 24.4. The van der Waals surface area contributed by atoms with Gasteiger partial charge >= 0.3 is 6.18 Å². The van der Waals surface area contributed by atoms with Crippen LogP contribution in [0.15, 0.2) is 53.2 Å². The van der Waals surface area contributed by atoms with E-state index in [0.29, 0.717) is 17.1 Å². The molecule has 5 nitrogen and oxygen atoms in total. The molecule has 1 aliphatic heterocycles. The van der Waals surface area contributed by atoms with Crippen LogP contribution in [-0.2, 0) is 6.18 Å². The number of piperidine rings is 1. The highest BCUT2D eigenvalue weighted by Gasteiger charge is 2.44. The SMILES string of the molecule is Cc1cc(C(F)(F)F)c2cc(N3CCC4(C=C(c5c(-c6ncccc6C)noc5C5CC5)C4)CC3)ccc2n1. The molecule has 1 aromatic carbocycles. The predicted octanol–water partition coefficient (Wildman–Crippen LogP) is 7.87. The number of fused-ring (bicyclic) bond motifs is 1. The number of hydrogen-bond acceptors (Lipinski definition) is 5. The number of alkyl halides is 3. The molecule has 1 saturated carbocycles. The molecule has 8 heteroatoms. The zero-order valence-electron chi connectivity index (χ0n) is 22.0. The maximum absolute atomic E-state index is 13.8. The van der Waals surface area contributed by atoms with Crippen molar-refractivity contribution in [1.29, 1.82) is 0 Å². The summed E-state index contributed by atoms with van der Waals surface area (Å²) in [7, 11) is 0. The largest absolute Gasteiger partial charge is 0.417 e. The molecule has 1 spiro atoms. The molecule has 2 fully saturated rings. The lowest BCUT2D eigenvalue weighted by Crippen LogP contribution is -2.42. The second-order valence-corrected chi connectivity index (χ2v) is 11.4. The number of rotatable bonds is 4. The van der Waals surface area contributed by atoms with Crippen molar-refractivity contribution in [2.75, 3.05) is 18.0 Å². The van der Waals surface area contributed by atoms with Gasteiger partial charge in [0.15, 0.2) is 0 Å². The van der Waals surface area contributed by atoms with E-state index in [1.54, 1.807) is 25.3 Å². The summed E-state index contributed by atoms with van der Waals surface area (Å²) in [5.41, 5.74) is 6.26. The lowest BCUT2D eigenvalue weighted by Gasteiger charge is -2.47. The first-order valence-electron chi connectivity index (χ1n) is 13.6. The van der Waals surface area contributed by atoms with E-state index in [9.17, 15) is 13.2 Å². The Labute approximate surface area is 224 Å². The first-order valence-corrected chi connectivity index (χ1v) is 13.6. The molecule has 1 saturated heterocycles. The highest BCUT2D eigenvalue weighted by Crippen LogP contribution is 2.55. The summed E-state index contributed by atoms with van der Waals surface area (Å²) < 4.78 is 47.2. The minimum absolute atomic E-state index is 0.104. The number of anilines is 1. The molecule has 0 radical (unpaired) electrons. The van der Waals surface area contributed by atoms with Crippen molar-refractivity contribution in [3.63, 3.8) is 0 Å². The third kappa shape index (κ3) is 4.21. The number of allylic oxidation sites excluding steroid dienone is 2. The molecule has 0 amide bonds. The van der Waals surface area contributed by atoms with E-state index in [0.717, 1.165) is 85.2 Å². The van der Waals surface area contributed by atoms with Gasteiger partial charge < -0.3 is 9.42 Å². The summed E-state index contributed by atoms with van der Waals surface area (Å²) in [5.74, 6) is 1.44. The molecule has 39 heavy (non-hydrogen) atoms. The van der Waals surface area contributed by atoms with Gasteiger partial charge in [-0.05, 0) is 92.8 Å². The maximum atomic E-state index is 13.8. The van der Waals surface area contributed by atoms with Gasteiger partial charge in [0.25, 0.3) is 0 Å². The molecule has 200 valence electrons. The van der Waals surface area contributed by atoms with E-state index in [1.807, 2.05) is 25.1 Å². The molecular weight excluding hydrogens is 501 g/mol. The van der Waals surface area contributed by atoms with Crippen LogP contribution in [0.25, 0.3) is 27.9 Å². The fraction of sp³-hybridized carbons (Fsp3) is 0.387. The van der Waals surface area contributed by atoms with E-state index in [-0.39, 0.29) is 10.8 Å². The van der Waals surface area contributed by atoms with Crippen LogP contribution >= 0.6 is 0 Å². The fourth-order valence-electron chi connectivity index (χ4n) is 6.32. The number of hydrogen-bond donors (Lipinski definition) is 0. The van der Waals surface area contributed by atoms with Crippen LogP contribution in [-0.4, -0.2) is 28.2 Å². The number of pyridine rings is 2. The number of aryl methyl sites for hydroxylation is 2. The molecule has 2 aliphatic carbocycles. The van der Waals surface area contributed by atoms with Gasteiger partial charge in [-0.25, -0.2) is 0 Å². The lowest BCUT2D eigenvalue weighted by molar-refractivity contribution is -0.136. The van der Waals surface area contributed by atoms with Crippen LogP contribution in [0.3, 0.4) is 0 Å². The first-order chi connectivity index (χ1) is 18.7. The van der Waals surface area contributed by atoms with Crippen LogP contribution in [0.4, 0.5) is 18.9 Å². The Bertz CT molecular complexity index is 1620. The Balaban J connectivity index is 1.14. The predicted molar refractivity (Wildman–Crippen MR) is 144 cm³/mol. The van der Waals surface area contributed by atoms with E-state index >= 15 is 0 Å². The standard InChI is InChI=1S/C31H29F3N4O/c1-18-4-3-11-35-27(18)28-26(29(39-37-28)20-5-6-20)21-16-30(17-21)9-12-38(13-10-30)22-7-8-25-23(15-22)24(31(32,33)34)14-19(2)36-25/h3-4,7-8,11,14-16,20H,5-6,9-10,12-13,17H2,1-2H3. The molecule has 0 atom stereocenters. The Hall–Kier alpha value is -3.68. The average molecular weight is 531 g/mol. The van der Waals surface area contributed by atoms with Gasteiger partial charge in [0, 0.05) is 42.0 Å². The summed E-state index contributed by atoms with van der Waals surface area (Å²) >= 11 is 0. The average Bonchev–Trinajstić information content (AvgIpc) is 3.65. The van der Waals surface area contributed by atoms with Crippen molar-refractivity contribution < 1.29 is 17.7 Å². The lowest BCUT2D eigenvalue weighted by atomic mass is 9.63. The molecule has 4 aromatic rings. The van der Waals surface area contributed by atoms with E-state index in [4.69, 9.17) is 4.52 Å². The Morgan fingerprint density at radius 3 is 2.49 bits per heavy atom. The minimum atomic E-state index is -4.42. The molecule has 4 heterocycles. The van der Waals surface area contributed by atoms with Crippen molar-refractivity contribution in [3.8, 4) is 11.4 Å². The zero-order valence-corrected chi connectivity index (χ0v) is 22.0. The second kappa shape index (κ2) is 8.66. The number of aromatic nitrogens is 3. The van der Waals surface area contributed by atoms with Crippen molar-refractivity contribution in [2.24, 2.45) is 5.41 Å².